The van der Waals surface area contributed by atoms with Crippen molar-refractivity contribution in [3.63, 3.8) is 0 Å². The molecule has 1 aliphatic heterocycles. The van der Waals surface area contributed by atoms with Crippen LogP contribution in [0.2, 0.25) is 0 Å². The summed E-state index contributed by atoms with van der Waals surface area (Å²) in [5, 5.41) is 0.808. The summed E-state index contributed by atoms with van der Waals surface area (Å²) in [5.41, 5.74) is 1.43. The third-order valence-electron chi connectivity index (χ3n) is 4.22. The SMILES string of the molecule is CN(C(=O)Cc1c[nH]c2cc(F)ccc12)C1CCS(=O)(=O)C1. The molecule has 2 aromatic rings. The zero-order valence-corrected chi connectivity index (χ0v) is 13.0. The summed E-state index contributed by atoms with van der Waals surface area (Å²) in [4.78, 5) is 16.8. The van der Waals surface area contributed by atoms with Gasteiger partial charge in [0.25, 0.3) is 0 Å². The lowest BCUT2D eigenvalue weighted by atomic mass is 10.1. The van der Waals surface area contributed by atoms with Crippen LogP contribution in [-0.4, -0.2) is 48.8 Å². The van der Waals surface area contributed by atoms with Crippen LogP contribution < -0.4 is 0 Å². The molecule has 0 saturated carbocycles. The molecule has 2 heterocycles. The number of nitrogens with zero attached hydrogens (tertiary/aromatic N) is 1. The first kappa shape index (κ1) is 15.0. The number of carbonyl (C=O) groups is 1. The normalized spacial score (nSPS) is 20.4. The molecule has 1 saturated heterocycles. The number of aromatic amines is 1. The summed E-state index contributed by atoms with van der Waals surface area (Å²) in [6.45, 7) is 0. The van der Waals surface area contributed by atoms with E-state index in [9.17, 15) is 17.6 Å². The average Bonchev–Trinajstić information content (AvgIpc) is 3.01. The molecule has 1 fully saturated rings. The maximum Gasteiger partial charge on any atom is 0.227 e. The van der Waals surface area contributed by atoms with E-state index in [1.54, 1.807) is 19.3 Å². The zero-order valence-electron chi connectivity index (χ0n) is 12.2. The molecule has 1 aromatic heterocycles. The number of benzene rings is 1. The zero-order chi connectivity index (χ0) is 15.9. The summed E-state index contributed by atoms with van der Waals surface area (Å²) >= 11 is 0. The van der Waals surface area contributed by atoms with E-state index >= 15 is 0 Å². The highest BCUT2D eigenvalue weighted by molar-refractivity contribution is 7.91. The van der Waals surface area contributed by atoms with Crippen molar-refractivity contribution in [1.82, 2.24) is 9.88 Å². The van der Waals surface area contributed by atoms with Gasteiger partial charge in [0.2, 0.25) is 5.91 Å². The highest BCUT2D eigenvalue weighted by Gasteiger charge is 2.32. The molecule has 118 valence electrons. The molecule has 22 heavy (non-hydrogen) atoms. The van der Waals surface area contributed by atoms with Crippen LogP contribution >= 0.6 is 0 Å². The van der Waals surface area contributed by atoms with Gasteiger partial charge < -0.3 is 9.88 Å². The molecule has 1 amide bonds. The number of aromatic nitrogens is 1. The molecule has 1 unspecified atom stereocenters. The Kier molecular flexibility index (Phi) is 3.68. The molecule has 5 nitrogen and oxygen atoms in total. The Morgan fingerprint density at radius 3 is 2.91 bits per heavy atom. The molecule has 1 atom stereocenters. The summed E-state index contributed by atoms with van der Waals surface area (Å²) in [5.74, 6) is -0.288. The topological polar surface area (TPSA) is 70.2 Å². The van der Waals surface area contributed by atoms with Crippen LogP contribution in [0.15, 0.2) is 24.4 Å². The van der Waals surface area contributed by atoms with Gasteiger partial charge in [-0.25, -0.2) is 12.8 Å². The number of carbonyl (C=O) groups excluding carboxylic acids is 1. The lowest BCUT2D eigenvalue weighted by Crippen LogP contribution is -2.38. The lowest BCUT2D eigenvalue weighted by Gasteiger charge is -2.23. The number of H-pyrrole nitrogens is 1. The molecule has 1 aliphatic rings. The van der Waals surface area contributed by atoms with Crippen molar-refractivity contribution in [3.8, 4) is 0 Å². The number of halogens is 1. The second-order valence-corrected chi connectivity index (χ2v) is 7.97. The van der Waals surface area contributed by atoms with Crippen molar-refractivity contribution in [2.24, 2.45) is 0 Å². The highest BCUT2D eigenvalue weighted by Crippen LogP contribution is 2.22. The maximum atomic E-state index is 13.2. The van der Waals surface area contributed by atoms with Gasteiger partial charge in [-0.1, -0.05) is 0 Å². The van der Waals surface area contributed by atoms with Gasteiger partial charge in [-0.2, -0.15) is 0 Å². The largest absolute Gasteiger partial charge is 0.361 e. The number of nitrogens with one attached hydrogen (secondary N) is 1. The Morgan fingerprint density at radius 1 is 1.45 bits per heavy atom. The Labute approximate surface area is 128 Å². The minimum Gasteiger partial charge on any atom is -0.361 e. The predicted octanol–water partition coefficient (Wildman–Crippen LogP) is 1.49. The Balaban J connectivity index is 1.76. The quantitative estimate of drug-likeness (QED) is 0.930. The van der Waals surface area contributed by atoms with Crippen LogP contribution in [0, 0.1) is 5.82 Å². The Bertz CT molecular complexity index is 828. The molecule has 0 aliphatic carbocycles. The van der Waals surface area contributed by atoms with E-state index < -0.39 is 9.84 Å². The number of sulfone groups is 1. The van der Waals surface area contributed by atoms with Crippen LogP contribution in [-0.2, 0) is 21.1 Å². The summed E-state index contributed by atoms with van der Waals surface area (Å²) in [6.07, 6.45) is 2.35. The van der Waals surface area contributed by atoms with Gasteiger partial charge >= 0.3 is 0 Å². The summed E-state index contributed by atoms with van der Waals surface area (Å²) in [7, 11) is -1.38. The van der Waals surface area contributed by atoms with E-state index in [-0.39, 0.29) is 35.7 Å². The fourth-order valence-electron chi connectivity index (χ4n) is 2.88. The van der Waals surface area contributed by atoms with E-state index in [0.29, 0.717) is 11.9 Å². The van der Waals surface area contributed by atoms with Gasteiger partial charge in [-0.05, 0) is 30.2 Å². The Hall–Kier alpha value is -1.89. The summed E-state index contributed by atoms with van der Waals surface area (Å²) in [6, 6.07) is 4.14. The van der Waals surface area contributed by atoms with Gasteiger partial charge in [0, 0.05) is 30.2 Å². The van der Waals surface area contributed by atoms with Crippen LogP contribution in [0.5, 0.6) is 0 Å². The van der Waals surface area contributed by atoms with Crippen molar-refractivity contribution in [2.45, 2.75) is 18.9 Å². The third-order valence-corrected chi connectivity index (χ3v) is 5.97. The molecule has 0 spiro atoms. The number of hydrogen-bond donors (Lipinski definition) is 1. The van der Waals surface area contributed by atoms with Gasteiger partial charge in [-0.15, -0.1) is 0 Å². The fourth-order valence-corrected chi connectivity index (χ4v) is 4.65. The molecule has 1 N–H and O–H groups in total. The van der Waals surface area contributed by atoms with E-state index in [1.807, 2.05) is 0 Å². The average molecular weight is 324 g/mol. The lowest BCUT2D eigenvalue weighted by molar-refractivity contribution is -0.130. The van der Waals surface area contributed by atoms with Gasteiger partial charge in [-0.3, -0.25) is 4.79 Å². The minimum atomic E-state index is -3.02. The van der Waals surface area contributed by atoms with Crippen molar-refractivity contribution >= 4 is 26.6 Å². The maximum absolute atomic E-state index is 13.2. The smallest absolute Gasteiger partial charge is 0.227 e. The molecule has 7 heteroatoms. The first-order valence-electron chi connectivity index (χ1n) is 7.07. The van der Waals surface area contributed by atoms with E-state index in [4.69, 9.17) is 0 Å². The molecule has 0 bridgehead atoms. The number of hydrogen-bond acceptors (Lipinski definition) is 3. The van der Waals surface area contributed by atoms with Gasteiger partial charge in [0.15, 0.2) is 9.84 Å². The van der Waals surface area contributed by atoms with Crippen molar-refractivity contribution in [3.05, 3.63) is 35.8 Å². The van der Waals surface area contributed by atoms with Crippen LogP contribution in [0.1, 0.15) is 12.0 Å². The van der Waals surface area contributed by atoms with Gasteiger partial charge in [0.1, 0.15) is 5.82 Å². The molecular formula is C15H17FN2O3S. The second kappa shape index (κ2) is 5.39. The first-order chi connectivity index (χ1) is 10.4. The molecule has 1 aromatic carbocycles. The highest BCUT2D eigenvalue weighted by atomic mass is 32.2. The van der Waals surface area contributed by atoms with Crippen LogP contribution in [0.25, 0.3) is 10.9 Å². The van der Waals surface area contributed by atoms with Crippen molar-refractivity contribution in [2.75, 3.05) is 18.6 Å². The predicted molar refractivity (Wildman–Crippen MR) is 81.8 cm³/mol. The number of likely N-dealkylation sites (N-methyl/N-ethyl adjacent to an activating group) is 1. The third kappa shape index (κ3) is 2.85. The second-order valence-electron chi connectivity index (χ2n) is 5.74. The van der Waals surface area contributed by atoms with E-state index in [2.05, 4.69) is 4.98 Å². The van der Waals surface area contributed by atoms with Crippen molar-refractivity contribution in [1.29, 1.82) is 0 Å². The first-order valence-corrected chi connectivity index (χ1v) is 8.89. The number of rotatable bonds is 3. The van der Waals surface area contributed by atoms with Crippen molar-refractivity contribution < 1.29 is 17.6 Å². The molecule has 0 radical (unpaired) electrons. The number of fused-ring (bicyclic) bond motifs is 1. The molecule has 3 rings (SSSR count). The summed E-state index contributed by atoms with van der Waals surface area (Å²) < 4.78 is 36.2. The molecular weight excluding hydrogens is 307 g/mol. The van der Waals surface area contributed by atoms with Crippen LogP contribution in [0.4, 0.5) is 4.39 Å². The van der Waals surface area contributed by atoms with E-state index in [1.165, 1.54) is 17.0 Å². The van der Waals surface area contributed by atoms with E-state index in [0.717, 1.165) is 10.9 Å². The standard InChI is InChI=1S/C15H17FN2O3S/c1-18(12-4-5-22(20,21)9-12)15(19)6-10-8-17-14-7-11(16)2-3-13(10)14/h2-3,7-8,12,17H,4-6,9H2,1H3. The fraction of sp³-hybridized carbons (Fsp3) is 0.400. The Morgan fingerprint density at radius 2 is 2.23 bits per heavy atom. The monoisotopic (exact) mass is 324 g/mol. The van der Waals surface area contributed by atoms with Crippen LogP contribution in [0.3, 0.4) is 0 Å². The number of amides is 1. The van der Waals surface area contributed by atoms with Gasteiger partial charge in [0.05, 0.1) is 17.9 Å². The minimum absolute atomic E-state index is 0.0360.